The highest BCUT2D eigenvalue weighted by Gasteiger charge is 2.21. The van der Waals surface area contributed by atoms with Gasteiger partial charge in [-0.1, -0.05) is 13.0 Å². The first-order chi connectivity index (χ1) is 9.54. The molecule has 2 aromatic rings. The zero-order valence-electron chi connectivity index (χ0n) is 10.5. The van der Waals surface area contributed by atoms with Gasteiger partial charge in [-0.15, -0.1) is 0 Å². The molecule has 8 heteroatoms. The van der Waals surface area contributed by atoms with Crippen molar-refractivity contribution < 1.29 is 9.66 Å². The Morgan fingerprint density at radius 3 is 2.85 bits per heavy atom. The number of nitrogens with two attached hydrogens (primary N) is 1. The van der Waals surface area contributed by atoms with Crippen molar-refractivity contribution in [2.24, 2.45) is 0 Å². The average molecular weight is 339 g/mol. The summed E-state index contributed by atoms with van der Waals surface area (Å²) in [5, 5.41) is 11.0. The Balaban J connectivity index is 2.50. The fourth-order valence-electron chi connectivity index (χ4n) is 1.67. The maximum atomic E-state index is 11.0. The lowest BCUT2D eigenvalue weighted by Gasteiger charge is -2.11. The molecular formula is C12H11BrN4O3. The predicted octanol–water partition coefficient (Wildman–Crippen LogP) is 3.08. The van der Waals surface area contributed by atoms with Crippen molar-refractivity contribution in [3.63, 3.8) is 0 Å². The first kappa shape index (κ1) is 14.2. The molecule has 2 rings (SSSR count). The van der Waals surface area contributed by atoms with Crippen LogP contribution in [0.25, 0.3) is 0 Å². The van der Waals surface area contributed by atoms with Crippen LogP contribution in [0.5, 0.6) is 11.6 Å². The van der Waals surface area contributed by atoms with Gasteiger partial charge in [-0.3, -0.25) is 10.1 Å². The van der Waals surface area contributed by atoms with E-state index in [0.29, 0.717) is 22.3 Å². The van der Waals surface area contributed by atoms with Gasteiger partial charge in [0.2, 0.25) is 11.6 Å². The number of benzene rings is 1. The van der Waals surface area contributed by atoms with E-state index in [-0.39, 0.29) is 17.3 Å². The van der Waals surface area contributed by atoms with Gasteiger partial charge in [-0.2, -0.15) is 0 Å². The van der Waals surface area contributed by atoms with Crippen LogP contribution in [-0.2, 0) is 6.42 Å². The van der Waals surface area contributed by atoms with Crippen LogP contribution in [0, 0.1) is 10.1 Å². The number of anilines is 1. The number of nitro groups is 1. The second kappa shape index (κ2) is 5.83. The molecular weight excluding hydrogens is 328 g/mol. The highest BCUT2D eigenvalue weighted by Crippen LogP contribution is 2.38. The number of aromatic nitrogens is 2. The van der Waals surface area contributed by atoms with E-state index in [0.717, 1.165) is 0 Å². The van der Waals surface area contributed by atoms with Crippen LogP contribution in [0.1, 0.15) is 12.5 Å². The van der Waals surface area contributed by atoms with E-state index in [4.69, 9.17) is 10.5 Å². The van der Waals surface area contributed by atoms with E-state index in [1.54, 1.807) is 12.1 Å². The Hall–Kier alpha value is -2.22. The molecule has 0 unspecified atom stereocenters. The fraction of sp³-hybridized carbons (Fsp3) is 0.167. The molecule has 0 amide bonds. The first-order valence-corrected chi connectivity index (χ1v) is 6.54. The summed E-state index contributed by atoms with van der Waals surface area (Å²) in [6, 6.07) is 4.57. The zero-order valence-corrected chi connectivity index (χ0v) is 12.1. The number of para-hydroxylation sites is 1. The second-order valence-electron chi connectivity index (χ2n) is 3.84. The molecule has 0 saturated carbocycles. The summed E-state index contributed by atoms with van der Waals surface area (Å²) >= 11 is 3.23. The molecule has 0 atom stereocenters. The molecule has 0 aliphatic heterocycles. The zero-order chi connectivity index (χ0) is 14.7. The SMILES string of the molecule is CCc1c(N)ncnc1Oc1c(Br)cccc1[N+](=O)[O-]. The minimum absolute atomic E-state index is 0.0882. The molecule has 1 heterocycles. The van der Waals surface area contributed by atoms with Crippen LogP contribution in [0.15, 0.2) is 29.0 Å². The molecule has 0 aliphatic carbocycles. The van der Waals surface area contributed by atoms with E-state index in [1.807, 2.05) is 6.92 Å². The molecule has 104 valence electrons. The third-order valence-electron chi connectivity index (χ3n) is 2.63. The Morgan fingerprint density at radius 2 is 2.20 bits per heavy atom. The number of ether oxygens (including phenoxy) is 1. The van der Waals surface area contributed by atoms with Crippen LogP contribution in [-0.4, -0.2) is 14.9 Å². The van der Waals surface area contributed by atoms with Crippen LogP contribution < -0.4 is 10.5 Å². The molecule has 20 heavy (non-hydrogen) atoms. The van der Waals surface area contributed by atoms with E-state index < -0.39 is 4.92 Å². The van der Waals surface area contributed by atoms with Gasteiger partial charge in [0.05, 0.1) is 15.0 Å². The summed E-state index contributed by atoms with van der Waals surface area (Å²) in [6.07, 6.45) is 1.81. The Kier molecular flexibility index (Phi) is 4.14. The summed E-state index contributed by atoms with van der Waals surface area (Å²) in [4.78, 5) is 18.4. The summed E-state index contributed by atoms with van der Waals surface area (Å²) < 4.78 is 6.05. The Bertz CT molecular complexity index is 663. The van der Waals surface area contributed by atoms with Crippen molar-refractivity contribution in [1.82, 2.24) is 9.97 Å². The van der Waals surface area contributed by atoms with Gasteiger partial charge in [0.15, 0.2) is 0 Å². The van der Waals surface area contributed by atoms with E-state index in [2.05, 4.69) is 25.9 Å². The fourth-order valence-corrected chi connectivity index (χ4v) is 2.10. The maximum absolute atomic E-state index is 11.0. The third-order valence-corrected chi connectivity index (χ3v) is 3.26. The van der Waals surface area contributed by atoms with Crippen LogP contribution in [0.4, 0.5) is 11.5 Å². The number of nitro benzene ring substituents is 1. The molecule has 0 aliphatic rings. The van der Waals surface area contributed by atoms with Crippen molar-refractivity contribution in [1.29, 1.82) is 0 Å². The number of nitrogen functional groups attached to an aromatic ring is 1. The van der Waals surface area contributed by atoms with Crippen molar-refractivity contribution in [3.05, 3.63) is 44.7 Å². The molecule has 0 radical (unpaired) electrons. The Labute approximate surface area is 123 Å². The predicted molar refractivity (Wildman–Crippen MR) is 76.7 cm³/mol. The topological polar surface area (TPSA) is 104 Å². The number of nitrogens with zero attached hydrogens (tertiary/aromatic N) is 3. The third kappa shape index (κ3) is 2.69. The molecule has 0 fully saturated rings. The van der Waals surface area contributed by atoms with Crippen LogP contribution in [0.2, 0.25) is 0 Å². The smallest absolute Gasteiger partial charge is 0.312 e. The molecule has 2 N–H and O–H groups in total. The summed E-state index contributed by atoms with van der Waals surface area (Å²) in [5.41, 5.74) is 6.20. The largest absolute Gasteiger partial charge is 0.430 e. The minimum Gasteiger partial charge on any atom is -0.430 e. The van der Waals surface area contributed by atoms with Gasteiger partial charge in [0.1, 0.15) is 12.1 Å². The van der Waals surface area contributed by atoms with Gasteiger partial charge in [0.25, 0.3) is 0 Å². The van der Waals surface area contributed by atoms with Crippen molar-refractivity contribution in [2.75, 3.05) is 5.73 Å². The summed E-state index contributed by atoms with van der Waals surface area (Å²) in [6.45, 7) is 1.87. The number of hydrogen-bond donors (Lipinski definition) is 1. The molecule has 1 aromatic carbocycles. The van der Waals surface area contributed by atoms with Gasteiger partial charge in [-0.25, -0.2) is 9.97 Å². The molecule has 7 nitrogen and oxygen atoms in total. The first-order valence-electron chi connectivity index (χ1n) is 5.74. The van der Waals surface area contributed by atoms with E-state index in [1.165, 1.54) is 12.4 Å². The van der Waals surface area contributed by atoms with Gasteiger partial charge >= 0.3 is 5.69 Å². The van der Waals surface area contributed by atoms with Crippen molar-refractivity contribution in [2.45, 2.75) is 13.3 Å². The van der Waals surface area contributed by atoms with Crippen LogP contribution >= 0.6 is 15.9 Å². The summed E-state index contributed by atoms with van der Waals surface area (Å²) in [7, 11) is 0. The second-order valence-corrected chi connectivity index (χ2v) is 4.70. The van der Waals surface area contributed by atoms with E-state index in [9.17, 15) is 10.1 Å². The van der Waals surface area contributed by atoms with Crippen molar-refractivity contribution in [3.8, 4) is 11.6 Å². The highest BCUT2D eigenvalue weighted by molar-refractivity contribution is 9.10. The highest BCUT2D eigenvalue weighted by atomic mass is 79.9. The molecule has 1 aromatic heterocycles. The minimum atomic E-state index is -0.518. The normalized spacial score (nSPS) is 10.3. The lowest BCUT2D eigenvalue weighted by Crippen LogP contribution is -2.03. The quantitative estimate of drug-likeness (QED) is 0.678. The lowest BCUT2D eigenvalue weighted by molar-refractivity contribution is -0.385. The molecule has 0 bridgehead atoms. The molecule has 0 saturated heterocycles. The number of hydrogen-bond acceptors (Lipinski definition) is 6. The van der Waals surface area contributed by atoms with Gasteiger partial charge in [0, 0.05) is 6.07 Å². The molecule has 0 spiro atoms. The standard InChI is InChI=1S/C12H11BrN4O3/c1-2-7-11(14)15-6-16-12(7)20-10-8(13)4-3-5-9(10)17(18)19/h3-6H,2H2,1H3,(H2,14,15,16). The Morgan fingerprint density at radius 1 is 1.45 bits per heavy atom. The monoisotopic (exact) mass is 338 g/mol. The van der Waals surface area contributed by atoms with Gasteiger partial charge < -0.3 is 10.5 Å². The summed E-state index contributed by atoms with van der Waals surface area (Å²) in [5.74, 6) is 0.604. The number of halogens is 1. The number of rotatable bonds is 4. The van der Waals surface area contributed by atoms with Gasteiger partial charge in [-0.05, 0) is 28.4 Å². The maximum Gasteiger partial charge on any atom is 0.312 e. The van der Waals surface area contributed by atoms with E-state index >= 15 is 0 Å². The van der Waals surface area contributed by atoms with Crippen molar-refractivity contribution >= 4 is 27.4 Å². The van der Waals surface area contributed by atoms with Crippen LogP contribution in [0.3, 0.4) is 0 Å². The average Bonchev–Trinajstić information content (AvgIpc) is 2.41. The lowest BCUT2D eigenvalue weighted by atomic mass is 10.2.